The van der Waals surface area contributed by atoms with Gasteiger partial charge in [0.15, 0.2) is 5.76 Å². The van der Waals surface area contributed by atoms with Crippen molar-refractivity contribution in [3.63, 3.8) is 0 Å². The third-order valence-electron chi connectivity index (χ3n) is 5.51. The maximum absolute atomic E-state index is 13.0. The Labute approximate surface area is 176 Å². The number of carbonyl (C=O) groups is 1. The first-order chi connectivity index (χ1) is 14.5. The zero-order valence-electron chi connectivity index (χ0n) is 17.6. The van der Waals surface area contributed by atoms with E-state index in [0.717, 1.165) is 47.7 Å². The number of likely N-dealkylation sites (tertiary alicyclic amines) is 1. The van der Waals surface area contributed by atoms with Crippen molar-refractivity contribution in [2.75, 3.05) is 20.2 Å². The number of aryl methyl sites for hydroxylation is 2. The first-order valence-corrected chi connectivity index (χ1v) is 10.2. The zero-order valence-corrected chi connectivity index (χ0v) is 17.6. The lowest BCUT2D eigenvalue weighted by Gasteiger charge is -2.33. The molecule has 1 saturated heterocycles. The fraction of sp³-hybridized carbons (Fsp3) is 0.391. The Bertz CT molecular complexity index is 1030. The molecule has 4 rings (SSSR count). The third-order valence-corrected chi connectivity index (χ3v) is 5.51. The molecule has 3 aromatic rings. The monoisotopic (exact) mass is 406 g/mol. The molecule has 3 heterocycles. The van der Waals surface area contributed by atoms with Crippen molar-refractivity contribution in [1.29, 1.82) is 0 Å². The van der Waals surface area contributed by atoms with Gasteiger partial charge in [-0.05, 0) is 44.4 Å². The van der Waals surface area contributed by atoms with Gasteiger partial charge in [0.25, 0.3) is 0 Å². The highest BCUT2D eigenvalue weighted by Gasteiger charge is 2.28. The summed E-state index contributed by atoms with van der Waals surface area (Å²) in [6, 6.07) is 9.55. The molecule has 0 aliphatic carbocycles. The average Bonchev–Trinajstić information content (AvgIpc) is 3.20. The number of amides is 1. The minimum atomic E-state index is 0.132. The van der Waals surface area contributed by atoms with Gasteiger partial charge < -0.3 is 14.2 Å². The van der Waals surface area contributed by atoms with Crippen molar-refractivity contribution < 1.29 is 14.1 Å². The van der Waals surface area contributed by atoms with E-state index in [1.807, 2.05) is 49.1 Å². The van der Waals surface area contributed by atoms with Crippen LogP contribution in [-0.2, 0) is 11.2 Å². The molecular weight excluding hydrogens is 380 g/mol. The van der Waals surface area contributed by atoms with Gasteiger partial charge in [0, 0.05) is 31.3 Å². The van der Waals surface area contributed by atoms with Crippen LogP contribution in [0.4, 0.5) is 0 Å². The van der Waals surface area contributed by atoms with Gasteiger partial charge in [-0.25, -0.2) is 9.97 Å². The Morgan fingerprint density at radius 1 is 1.27 bits per heavy atom. The number of ether oxygens (including phenoxy) is 1. The highest BCUT2D eigenvalue weighted by Crippen LogP contribution is 2.33. The molecule has 30 heavy (non-hydrogen) atoms. The van der Waals surface area contributed by atoms with Gasteiger partial charge in [-0.15, -0.1) is 0 Å². The second-order valence-corrected chi connectivity index (χ2v) is 7.75. The van der Waals surface area contributed by atoms with Crippen molar-refractivity contribution in [3.8, 4) is 17.1 Å². The average molecular weight is 406 g/mol. The maximum atomic E-state index is 13.0. The second-order valence-electron chi connectivity index (χ2n) is 7.75. The van der Waals surface area contributed by atoms with E-state index in [0.29, 0.717) is 24.6 Å². The summed E-state index contributed by atoms with van der Waals surface area (Å²) >= 11 is 0. The normalized spacial score (nSPS) is 16.5. The molecule has 1 aromatic carbocycles. The molecule has 0 bridgehead atoms. The quantitative estimate of drug-likeness (QED) is 0.643. The van der Waals surface area contributed by atoms with Crippen LogP contribution >= 0.6 is 0 Å². The topological polar surface area (TPSA) is 81.4 Å². The molecule has 7 heteroatoms. The van der Waals surface area contributed by atoms with Gasteiger partial charge in [-0.1, -0.05) is 17.3 Å². The van der Waals surface area contributed by atoms with Gasteiger partial charge in [0.05, 0.1) is 30.5 Å². The molecule has 7 nitrogen and oxygen atoms in total. The van der Waals surface area contributed by atoms with Crippen LogP contribution in [0, 0.1) is 13.8 Å². The van der Waals surface area contributed by atoms with E-state index in [1.165, 1.54) is 0 Å². The predicted molar refractivity (Wildman–Crippen MR) is 112 cm³/mol. The summed E-state index contributed by atoms with van der Waals surface area (Å²) in [7, 11) is 1.64. The minimum Gasteiger partial charge on any atom is -0.497 e. The van der Waals surface area contributed by atoms with Crippen LogP contribution in [0.25, 0.3) is 11.3 Å². The highest BCUT2D eigenvalue weighted by atomic mass is 16.5. The lowest BCUT2D eigenvalue weighted by molar-refractivity contribution is -0.131. The number of nitrogens with zero attached hydrogens (tertiary/aromatic N) is 4. The van der Waals surface area contributed by atoms with E-state index in [2.05, 4.69) is 10.1 Å². The summed E-state index contributed by atoms with van der Waals surface area (Å²) in [5.41, 5.74) is 3.59. The van der Waals surface area contributed by atoms with Crippen molar-refractivity contribution >= 4 is 5.91 Å². The van der Waals surface area contributed by atoms with Crippen molar-refractivity contribution in [3.05, 3.63) is 59.3 Å². The SMILES string of the molecule is COc1ccc(CC(=O)N2CCCC(c3nc(C)ncc3-c3cc(C)no3)C2)cc1. The molecule has 0 N–H and O–H groups in total. The van der Waals surface area contributed by atoms with Gasteiger partial charge in [-0.2, -0.15) is 0 Å². The van der Waals surface area contributed by atoms with Crippen LogP contribution in [0.3, 0.4) is 0 Å². The summed E-state index contributed by atoms with van der Waals surface area (Å²) in [5.74, 6) is 2.45. The number of methoxy groups -OCH3 is 1. The lowest BCUT2D eigenvalue weighted by Crippen LogP contribution is -2.40. The van der Waals surface area contributed by atoms with Crippen LogP contribution in [0.15, 0.2) is 41.1 Å². The maximum Gasteiger partial charge on any atom is 0.227 e. The Morgan fingerprint density at radius 2 is 2.07 bits per heavy atom. The van der Waals surface area contributed by atoms with Crippen molar-refractivity contribution in [2.24, 2.45) is 0 Å². The van der Waals surface area contributed by atoms with Gasteiger partial charge >= 0.3 is 0 Å². The van der Waals surface area contributed by atoms with E-state index < -0.39 is 0 Å². The van der Waals surface area contributed by atoms with Crippen LogP contribution in [0.5, 0.6) is 5.75 Å². The smallest absolute Gasteiger partial charge is 0.227 e. The van der Waals surface area contributed by atoms with Crippen LogP contribution < -0.4 is 4.74 Å². The molecule has 2 aromatic heterocycles. The van der Waals surface area contributed by atoms with E-state index in [-0.39, 0.29) is 11.8 Å². The van der Waals surface area contributed by atoms with E-state index in [1.54, 1.807) is 13.3 Å². The zero-order chi connectivity index (χ0) is 21.1. The summed E-state index contributed by atoms with van der Waals surface area (Å²) in [6.07, 6.45) is 4.10. The van der Waals surface area contributed by atoms with Crippen LogP contribution in [0.1, 0.15) is 41.5 Å². The Hall–Kier alpha value is -3.22. The molecule has 0 spiro atoms. The number of aromatic nitrogens is 3. The molecule has 1 amide bonds. The Kier molecular flexibility index (Phi) is 5.79. The van der Waals surface area contributed by atoms with Crippen LogP contribution in [0.2, 0.25) is 0 Å². The highest BCUT2D eigenvalue weighted by molar-refractivity contribution is 5.79. The Morgan fingerprint density at radius 3 is 2.77 bits per heavy atom. The second kappa shape index (κ2) is 8.65. The first-order valence-electron chi connectivity index (χ1n) is 10.2. The molecule has 156 valence electrons. The van der Waals surface area contributed by atoms with Gasteiger partial charge in [-0.3, -0.25) is 4.79 Å². The molecule has 1 atom stereocenters. The van der Waals surface area contributed by atoms with Crippen LogP contribution in [-0.4, -0.2) is 46.1 Å². The standard InChI is InChI=1S/C23H26N4O3/c1-15-11-21(30-26-15)20-13-24-16(2)25-23(20)18-5-4-10-27(14-18)22(28)12-17-6-8-19(29-3)9-7-17/h6-9,11,13,18H,4-5,10,12,14H2,1-3H3. The largest absolute Gasteiger partial charge is 0.497 e. The molecular formula is C23H26N4O3. The summed E-state index contributed by atoms with van der Waals surface area (Å²) in [4.78, 5) is 24.0. The number of benzene rings is 1. The first kappa shape index (κ1) is 20.1. The molecule has 1 unspecified atom stereocenters. The Balaban J connectivity index is 1.52. The summed E-state index contributed by atoms with van der Waals surface area (Å²) < 4.78 is 10.7. The molecule has 1 aliphatic rings. The molecule has 0 radical (unpaired) electrons. The number of piperidine rings is 1. The summed E-state index contributed by atoms with van der Waals surface area (Å²) in [6.45, 7) is 5.19. The van der Waals surface area contributed by atoms with Crippen molar-refractivity contribution in [1.82, 2.24) is 20.0 Å². The predicted octanol–water partition coefficient (Wildman–Crippen LogP) is 3.71. The number of hydrogen-bond donors (Lipinski definition) is 0. The lowest BCUT2D eigenvalue weighted by atomic mass is 9.91. The number of rotatable bonds is 5. The molecule has 1 aliphatic heterocycles. The van der Waals surface area contributed by atoms with E-state index >= 15 is 0 Å². The number of carbonyl (C=O) groups excluding carboxylic acids is 1. The van der Waals surface area contributed by atoms with E-state index in [9.17, 15) is 4.79 Å². The van der Waals surface area contributed by atoms with Gasteiger partial charge in [0.1, 0.15) is 11.6 Å². The third kappa shape index (κ3) is 4.35. The fourth-order valence-corrected chi connectivity index (χ4v) is 3.94. The van der Waals surface area contributed by atoms with E-state index in [4.69, 9.17) is 14.2 Å². The van der Waals surface area contributed by atoms with Gasteiger partial charge in [0.2, 0.25) is 5.91 Å². The number of hydrogen-bond acceptors (Lipinski definition) is 6. The molecule has 1 fully saturated rings. The minimum absolute atomic E-state index is 0.132. The molecule has 0 saturated carbocycles. The fourth-order valence-electron chi connectivity index (χ4n) is 3.94. The van der Waals surface area contributed by atoms with Crippen molar-refractivity contribution in [2.45, 2.75) is 39.0 Å². The summed E-state index contributed by atoms with van der Waals surface area (Å²) in [5, 5.41) is 4.00.